The van der Waals surface area contributed by atoms with Gasteiger partial charge in [0.05, 0.1) is 16.6 Å². The Labute approximate surface area is 131 Å². The minimum absolute atomic E-state index is 0.131. The van der Waals surface area contributed by atoms with Crippen molar-refractivity contribution in [3.05, 3.63) is 58.9 Å². The average Bonchev–Trinajstić information content (AvgIpc) is 2.88. The van der Waals surface area contributed by atoms with E-state index in [1.807, 2.05) is 26.0 Å². The predicted octanol–water partition coefficient (Wildman–Crippen LogP) is 4.23. The van der Waals surface area contributed by atoms with Crippen molar-refractivity contribution in [1.29, 1.82) is 0 Å². The van der Waals surface area contributed by atoms with Gasteiger partial charge in [0.25, 0.3) is 0 Å². The highest BCUT2D eigenvalue weighted by Crippen LogP contribution is 2.30. The number of aryl methyl sites for hydroxylation is 2. The SMILES string of the molecule is Cc1ccc(C)c2sc(NC(=O)Cc3cccc(F)c3)nc12. The van der Waals surface area contributed by atoms with Gasteiger partial charge in [0.2, 0.25) is 5.91 Å². The number of thiazole rings is 1. The minimum atomic E-state index is -0.337. The number of nitrogens with one attached hydrogen (secondary N) is 1. The Hall–Kier alpha value is -2.27. The van der Waals surface area contributed by atoms with Gasteiger partial charge in [-0.25, -0.2) is 9.37 Å². The Bertz CT molecular complexity index is 818. The maximum absolute atomic E-state index is 13.1. The molecule has 5 heteroatoms. The van der Waals surface area contributed by atoms with Crippen molar-refractivity contribution in [2.24, 2.45) is 0 Å². The standard InChI is InChI=1S/C17H15FN2OS/c1-10-6-7-11(2)16-15(10)20-17(22-16)19-14(21)9-12-4-3-5-13(18)8-12/h3-8H,9H2,1-2H3,(H,19,20,21). The number of nitrogens with zero attached hydrogens (tertiary/aromatic N) is 1. The molecule has 0 atom stereocenters. The van der Waals surface area contributed by atoms with Gasteiger partial charge in [0, 0.05) is 0 Å². The highest BCUT2D eigenvalue weighted by atomic mass is 32.1. The molecule has 22 heavy (non-hydrogen) atoms. The van der Waals surface area contributed by atoms with E-state index in [1.165, 1.54) is 23.5 Å². The maximum Gasteiger partial charge on any atom is 0.230 e. The van der Waals surface area contributed by atoms with E-state index in [9.17, 15) is 9.18 Å². The highest BCUT2D eigenvalue weighted by Gasteiger charge is 2.11. The van der Waals surface area contributed by atoms with Crippen molar-refractivity contribution in [2.45, 2.75) is 20.3 Å². The van der Waals surface area contributed by atoms with Crippen LogP contribution in [0.4, 0.5) is 9.52 Å². The summed E-state index contributed by atoms with van der Waals surface area (Å²) in [6.07, 6.45) is 0.131. The van der Waals surface area contributed by atoms with E-state index in [0.29, 0.717) is 10.7 Å². The number of halogens is 1. The van der Waals surface area contributed by atoms with Gasteiger partial charge in [-0.1, -0.05) is 35.6 Å². The molecule has 1 N–H and O–H groups in total. The fraction of sp³-hybridized carbons (Fsp3) is 0.176. The normalized spacial score (nSPS) is 10.9. The highest BCUT2D eigenvalue weighted by molar-refractivity contribution is 7.22. The molecule has 0 fully saturated rings. The first-order valence-corrected chi connectivity index (χ1v) is 7.75. The fourth-order valence-corrected chi connectivity index (χ4v) is 3.34. The molecule has 0 aliphatic heterocycles. The fourth-order valence-electron chi connectivity index (χ4n) is 2.31. The first kappa shape index (κ1) is 14.7. The summed E-state index contributed by atoms with van der Waals surface area (Å²) in [5.74, 6) is -0.531. The molecular formula is C17H15FN2OS. The topological polar surface area (TPSA) is 42.0 Å². The first-order valence-electron chi connectivity index (χ1n) is 6.94. The number of rotatable bonds is 3. The van der Waals surface area contributed by atoms with Crippen LogP contribution in [-0.4, -0.2) is 10.9 Å². The van der Waals surface area contributed by atoms with Crippen LogP contribution < -0.4 is 5.32 Å². The van der Waals surface area contributed by atoms with E-state index in [1.54, 1.807) is 12.1 Å². The summed E-state index contributed by atoms with van der Waals surface area (Å²) in [7, 11) is 0. The molecule has 0 bridgehead atoms. The Morgan fingerprint density at radius 3 is 2.73 bits per heavy atom. The Balaban J connectivity index is 1.79. The number of fused-ring (bicyclic) bond motifs is 1. The molecule has 0 aliphatic rings. The van der Waals surface area contributed by atoms with E-state index >= 15 is 0 Å². The van der Waals surface area contributed by atoms with Crippen LogP contribution in [0.5, 0.6) is 0 Å². The first-order chi connectivity index (χ1) is 10.5. The monoisotopic (exact) mass is 314 g/mol. The van der Waals surface area contributed by atoms with Gasteiger partial charge in [-0.2, -0.15) is 0 Å². The molecule has 0 saturated heterocycles. The van der Waals surface area contributed by atoms with E-state index in [0.717, 1.165) is 21.3 Å². The van der Waals surface area contributed by atoms with Gasteiger partial charge in [-0.15, -0.1) is 0 Å². The zero-order chi connectivity index (χ0) is 15.7. The van der Waals surface area contributed by atoms with Gasteiger partial charge in [0.15, 0.2) is 5.13 Å². The van der Waals surface area contributed by atoms with Gasteiger partial charge < -0.3 is 5.32 Å². The predicted molar refractivity (Wildman–Crippen MR) is 87.8 cm³/mol. The van der Waals surface area contributed by atoms with E-state index in [2.05, 4.69) is 10.3 Å². The summed E-state index contributed by atoms with van der Waals surface area (Å²) in [5, 5.41) is 3.38. The second-order valence-corrected chi connectivity index (χ2v) is 6.25. The summed E-state index contributed by atoms with van der Waals surface area (Å²) >= 11 is 1.46. The zero-order valence-corrected chi connectivity index (χ0v) is 13.1. The second-order valence-electron chi connectivity index (χ2n) is 5.25. The second kappa shape index (κ2) is 5.85. The summed E-state index contributed by atoms with van der Waals surface area (Å²) in [4.78, 5) is 16.6. The molecule has 1 aromatic heterocycles. The van der Waals surface area contributed by atoms with Crippen LogP contribution >= 0.6 is 11.3 Å². The quantitative estimate of drug-likeness (QED) is 0.786. The van der Waals surface area contributed by atoms with Crippen LogP contribution in [-0.2, 0) is 11.2 Å². The van der Waals surface area contributed by atoms with Crippen molar-refractivity contribution in [2.75, 3.05) is 5.32 Å². The number of amides is 1. The number of carbonyl (C=O) groups is 1. The van der Waals surface area contributed by atoms with Crippen LogP contribution in [0.3, 0.4) is 0 Å². The molecule has 3 aromatic rings. The van der Waals surface area contributed by atoms with Gasteiger partial charge in [0.1, 0.15) is 5.82 Å². The molecule has 0 radical (unpaired) electrons. The molecule has 0 unspecified atom stereocenters. The summed E-state index contributed by atoms with van der Waals surface area (Å²) in [5.41, 5.74) is 3.79. The van der Waals surface area contributed by atoms with E-state index < -0.39 is 0 Å². The third-order valence-corrected chi connectivity index (χ3v) is 4.55. The molecule has 0 aliphatic carbocycles. The lowest BCUT2D eigenvalue weighted by Crippen LogP contribution is -2.14. The van der Waals surface area contributed by atoms with Crippen LogP contribution in [0.1, 0.15) is 16.7 Å². The molecule has 3 rings (SSSR count). The smallest absolute Gasteiger partial charge is 0.230 e. The van der Waals surface area contributed by atoms with Crippen molar-refractivity contribution >= 4 is 32.6 Å². The van der Waals surface area contributed by atoms with Gasteiger partial charge in [-0.05, 0) is 42.7 Å². The maximum atomic E-state index is 13.1. The number of anilines is 1. The zero-order valence-electron chi connectivity index (χ0n) is 12.3. The lowest BCUT2D eigenvalue weighted by molar-refractivity contribution is -0.115. The number of benzene rings is 2. The Morgan fingerprint density at radius 1 is 1.23 bits per heavy atom. The lowest BCUT2D eigenvalue weighted by Gasteiger charge is -2.01. The van der Waals surface area contributed by atoms with Gasteiger partial charge in [-0.3, -0.25) is 4.79 Å². The van der Waals surface area contributed by atoms with Gasteiger partial charge >= 0.3 is 0 Å². The summed E-state index contributed by atoms with van der Waals surface area (Å²) < 4.78 is 14.2. The van der Waals surface area contributed by atoms with E-state index in [4.69, 9.17) is 0 Å². The lowest BCUT2D eigenvalue weighted by atomic mass is 10.1. The van der Waals surface area contributed by atoms with Crippen LogP contribution in [0.2, 0.25) is 0 Å². The van der Waals surface area contributed by atoms with Crippen molar-refractivity contribution in [3.63, 3.8) is 0 Å². The van der Waals surface area contributed by atoms with Crippen LogP contribution in [0.15, 0.2) is 36.4 Å². The van der Waals surface area contributed by atoms with Crippen molar-refractivity contribution in [1.82, 2.24) is 4.98 Å². The van der Waals surface area contributed by atoms with Crippen LogP contribution in [0, 0.1) is 19.7 Å². The average molecular weight is 314 g/mol. The summed E-state index contributed by atoms with van der Waals surface area (Å²) in [6, 6.07) is 10.1. The number of hydrogen-bond acceptors (Lipinski definition) is 3. The third-order valence-electron chi connectivity index (χ3n) is 3.44. The molecule has 1 amide bonds. The van der Waals surface area contributed by atoms with Crippen molar-refractivity contribution < 1.29 is 9.18 Å². The Morgan fingerprint density at radius 2 is 2.00 bits per heavy atom. The summed E-state index contributed by atoms with van der Waals surface area (Å²) in [6.45, 7) is 4.03. The number of carbonyl (C=O) groups excluding carboxylic acids is 1. The molecule has 3 nitrogen and oxygen atoms in total. The van der Waals surface area contributed by atoms with Crippen LogP contribution in [0.25, 0.3) is 10.2 Å². The molecule has 112 valence electrons. The van der Waals surface area contributed by atoms with Crippen molar-refractivity contribution in [3.8, 4) is 0 Å². The molecule has 0 saturated carbocycles. The number of aromatic nitrogens is 1. The number of hydrogen-bond donors (Lipinski definition) is 1. The largest absolute Gasteiger partial charge is 0.302 e. The molecule has 1 heterocycles. The molecular weight excluding hydrogens is 299 g/mol. The van der Waals surface area contributed by atoms with E-state index in [-0.39, 0.29) is 18.1 Å². The molecule has 0 spiro atoms. The minimum Gasteiger partial charge on any atom is -0.302 e. The third kappa shape index (κ3) is 2.99. The molecule has 2 aromatic carbocycles. The Kier molecular flexibility index (Phi) is 3.90.